The Morgan fingerprint density at radius 3 is 2.83 bits per heavy atom. The van der Waals surface area contributed by atoms with Crippen LogP contribution in [0.15, 0.2) is 10.2 Å². The summed E-state index contributed by atoms with van der Waals surface area (Å²) in [5.41, 5.74) is 0.554. The third kappa shape index (κ3) is 4.55. The highest BCUT2D eigenvalue weighted by molar-refractivity contribution is 7.07. The molecule has 1 rings (SSSR count). The number of aromatic amines is 1. The number of thiazole rings is 1. The number of aromatic nitrogens is 1. The zero-order valence-electron chi connectivity index (χ0n) is 9.56. The van der Waals surface area contributed by atoms with Crippen LogP contribution in [0.5, 0.6) is 0 Å². The number of carbonyl (C=O) groups is 2. The highest BCUT2D eigenvalue weighted by Gasteiger charge is 2.19. The van der Waals surface area contributed by atoms with E-state index in [0.717, 1.165) is 11.3 Å². The van der Waals surface area contributed by atoms with E-state index in [9.17, 15) is 14.4 Å². The van der Waals surface area contributed by atoms with Gasteiger partial charge in [-0.15, -0.1) is 0 Å². The van der Waals surface area contributed by atoms with E-state index in [4.69, 9.17) is 5.11 Å². The summed E-state index contributed by atoms with van der Waals surface area (Å²) in [6.07, 6.45) is 0. The van der Waals surface area contributed by atoms with Crippen molar-refractivity contribution >= 4 is 23.3 Å². The van der Waals surface area contributed by atoms with Gasteiger partial charge in [-0.3, -0.25) is 4.79 Å². The first kappa shape index (κ1) is 14.2. The maximum atomic E-state index is 11.4. The van der Waals surface area contributed by atoms with Gasteiger partial charge in [-0.1, -0.05) is 11.3 Å². The summed E-state index contributed by atoms with van der Waals surface area (Å²) in [6, 6.07) is -1.76. The molecule has 100 valence electrons. The monoisotopic (exact) mass is 275 g/mol. The second-order valence-electron chi connectivity index (χ2n) is 3.35. The zero-order valence-corrected chi connectivity index (χ0v) is 10.4. The minimum Gasteiger partial charge on any atom is -0.480 e. The van der Waals surface area contributed by atoms with E-state index in [1.807, 2.05) is 0 Å². The summed E-state index contributed by atoms with van der Waals surface area (Å²) in [6.45, 7) is -0.0120. The van der Waals surface area contributed by atoms with Crippen molar-refractivity contribution in [2.75, 3.05) is 13.7 Å². The second-order valence-corrected chi connectivity index (χ2v) is 4.19. The lowest BCUT2D eigenvalue weighted by Gasteiger charge is -2.13. The van der Waals surface area contributed by atoms with Crippen molar-refractivity contribution in [2.45, 2.75) is 12.6 Å². The maximum Gasteiger partial charge on any atom is 0.328 e. The molecule has 4 N–H and O–H groups in total. The van der Waals surface area contributed by atoms with Gasteiger partial charge in [0.25, 0.3) is 0 Å². The number of methoxy groups -OCH3 is 1. The summed E-state index contributed by atoms with van der Waals surface area (Å²) >= 11 is 0.986. The van der Waals surface area contributed by atoms with E-state index >= 15 is 0 Å². The number of rotatable bonds is 6. The smallest absolute Gasteiger partial charge is 0.328 e. The van der Waals surface area contributed by atoms with Crippen molar-refractivity contribution in [2.24, 2.45) is 0 Å². The van der Waals surface area contributed by atoms with E-state index in [1.54, 1.807) is 5.38 Å². The molecule has 0 saturated carbocycles. The molecule has 0 fully saturated rings. The first-order chi connectivity index (χ1) is 8.52. The predicted octanol–water partition coefficient (Wildman–Crippen LogP) is -0.665. The molecule has 0 aliphatic heterocycles. The van der Waals surface area contributed by atoms with Crippen molar-refractivity contribution < 1.29 is 19.4 Å². The largest absolute Gasteiger partial charge is 0.480 e. The van der Waals surface area contributed by atoms with Gasteiger partial charge in [-0.2, -0.15) is 0 Å². The maximum absolute atomic E-state index is 11.4. The number of carboxylic acid groups (broad SMARTS) is 1. The normalized spacial score (nSPS) is 11.8. The van der Waals surface area contributed by atoms with Gasteiger partial charge < -0.3 is 25.5 Å². The van der Waals surface area contributed by atoms with Gasteiger partial charge in [0.15, 0.2) is 6.04 Å². The Labute approximate surface area is 106 Å². The van der Waals surface area contributed by atoms with E-state index in [-0.39, 0.29) is 18.0 Å². The highest BCUT2D eigenvalue weighted by atomic mass is 32.1. The molecule has 18 heavy (non-hydrogen) atoms. The van der Waals surface area contributed by atoms with Crippen molar-refractivity contribution in [1.82, 2.24) is 15.6 Å². The number of amides is 2. The molecule has 8 nitrogen and oxygen atoms in total. The van der Waals surface area contributed by atoms with Crippen LogP contribution in [0.1, 0.15) is 5.69 Å². The number of ether oxygens (including phenoxy) is 1. The Morgan fingerprint density at radius 2 is 2.33 bits per heavy atom. The molecule has 1 aromatic heterocycles. The molecule has 0 aliphatic rings. The number of carbonyl (C=O) groups excluding carboxylic acids is 1. The first-order valence-corrected chi connectivity index (χ1v) is 5.83. The predicted molar refractivity (Wildman–Crippen MR) is 63.6 cm³/mol. The molecular formula is C9H13N3O5S. The molecule has 0 saturated heterocycles. The summed E-state index contributed by atoms with van der Waals surface area (Å²) in [4.78, 5) is 35.2. The van der Waals surface area contributed by atoms with E-state index in [1.165, 1.54) is 7.11 Å². The van der Waals surface area contributed by atoms with E-state index < -0.39 is 18.0 Å². The number of nitrogens with one attached hydrogen (secondary N) is 3. The minimum absolute atomic E-state index is 0.115. The highest BCUT2D eigenvalue weighted by Crippen LogP contribution is 1.94. The van der Waals surface area contributed by atoms with Gasteiger partial charge in [0.05, 0.1) is 13.2 Å². The van der Waals surface area contributed by atoms with Crippen LogP contribution in [-0.2, 0) is 16.1 Å². The van der Waals surface area contributed by atoms with Crippen molar-refractivity contribution in [3.63, 3.8) is 0 Å². The zero-order chi connectivity index (χ0) is 13.5. The molecule has 9 heteroatoms. The van der Waals surface area contributed by atoms with Crippen LogP contribution in [0.3, 0.4) is 0 Å². The van der Waals surface area contributed by atoms with Crippen molar-refractivity contribution in [3.05, 3.63) is 20.7 Å². The Morgan fingerprint density at radius 1 is 1.61 bits per heavy atom. The SMILES string of the molecule is COCC(NC(=O)NCc1csc(=O)[nH]1)C(=O)O. The Kier molecular flexibility index (Phi) is 5.33. The lowest BCUT2D eigenvalue weighted by atomic mass is 10.3. The number of urea groups is 1. The van der Waals surface area contributed by atoms with Crippen LogP contribution in [-0.4, -0.2) is 41.8 Å². The van der Waals surface area contributed by atoms with Crippen LogP contribution in [0.25, 0.3) is 0 Å². The molecule has 0 aromatic carbocycles. The third-order valence-electron chi connectivity index (χ3n) is 1.95. The van der Waals surface area contributed by atoms with Crippen LogP contribution in [0.2, 0.25) is 0 Å². The molecule has 1 heterocycles. The van der Waals surface area contributed by atoms with Crippen LogP contribution >= 0.6 is 11.3 Å². The Balaban J connectivity index is 2.40. The van der Waals surface area contributed by atoms with Gasteiger partial charge in [-0.25, -0.2) is 9.59 Å². The van der Waals surface area contributed by atoms with Crippen LogP contribution in [0, 0.1) is 0 Å². The molecule has 1 unspecified atom stereocenters. The average Bonchev–Trinajstić information content (AvgIpc) is 2.72. The summed E-state index contributed by atoms with van der Waals surface area (Å²) < 4.78 is 4.66. The fourth-order valence-electron chi connectivity index (χ4n) is 1.13. The third-order valence-corrected chi connectivity index (χ3v) is 2.67. The van der Waals surface area contributed by atoms with Gasteiger partial charge in [0.1, 0.15) is 0 Å². The topological polar surface area (TPSA) is 121 Å². The van der Waals surface area contributed by atoms with Crippen molar-refractivity contribution in [3.8, 4) is 0 Å². The van der Waals surface area contributed by atoms with Gasteiger partial charge in [-0.05, 0) is 0 Å². The quantitative estimate of drug-likeness (QED) is 0.549. The number of hydrogen-bond donors (Lipinski definition) is 4. The molecule has 0 aliphatic carbocycles. The van der Waals surface area contributed by atoms with Crippen LogP contribution in [0.4, 0.5) is 4.79 Å². The second kappa shape index (κ2) is 6.77. The summed E-state index contributed by atoms with van der Waals surface area (Å²) in [5, 5.41) is 15.0. The molecule has 1 aromatic rings. The van der Waals surface area contributed by atoms with Gasteiger partial charge >= 0.3 is 16.9 Å². The van der Waals surface area contributed by atoms with Gasteiger partial charge in [0.2, 0.25) is 0 Å². The van der Waals surface area contributed by atoms with E-state index in [2.05, 4.69) is 20.4 Å². The number of H-pyrrole nitrogens is 1. The number of carboxylic acids is 1. The molecular weight excluding hydrogens is 262 g/mol. The molecule has 0 spiro atoms. The number of hydrogen-bond acceptors (Lipinski definition) is 5. The minimum atomic E-state index is -1.18. The molecule has 0 radical (unpaired) electrons. The fourth-order valence-corrected chi connectivity index (χ4v) is 1.71. The first-order valence-electron chi connectivity index (χ1n) is 4.95. The summed E-state index contributed by atoms with van der Waals surface area (Å²) in [7, 11) is 1.34. The standard InChI is InChI=1S/C9H13N3O5S/c1-17-3-6(7(13)14)12-8(15)10-2-5-4-18-9(16)11-5/h4,6H,2-3H2,1H3,(H,11,16)(H,13,14)(H2,10,12,15). The lowest BCUT2D eigenvalue weighted by Crippen LogP contribution is -2.48. The van der Waals surface area contributed by atoms with E-state index in [0.29, 0.717) is 5.69 Å². The lowest BCUT2D eigenvalue weighted by molar-refractivity contribution is -0.140. The fraction of sp³-hybridized carbons (Fsp3) is 0.444. The van der Waals surface area contributed by atoms with Crippen molar-refractivity contribution in [1.29, 1.82) is 0 Å². The Bertz CT molecular complexity index is 469. The van der Waals surface area contributed by atoms with Gasteiger partial charge in [0, 0.05) is 18.2 Å². The average molecular weight is 275 g/mol. The molecule has 1 atom stereocenters. The number of aliphatic carboxylic acids is 1. The summed E-state index contributed by atoms with van der Waals surface area (Å²) in [5.74, 6) is -1.18. The Hall–Kier alpha value is -1.87. The van der Waals surface area contributed by atoms with Crippen LogP contribution < -0.4 is 15.5 Å². The molecule has 0 bridgehead atoms. The molecule has 2 amide bonds.